The van der Waals surface area contributed by atoms with E-state index < -0.39 is 0 Å². The second-order valence-electron chi connectivity index (χ2n) is 5.78. The average molecular weight is 359 g/mol. The maximum absolute atomic E-state index is 13.7. The Balaban J connectivity index is 1.59. The molecule has 0 aliphatic heterocycles. The quantitative estimate of drug-likeness (QED) is 0.762. The predicted molar refractivity (Wildman–Crippen MR) is 96.0 cm³/mol. The molecule has 0 aliphatic rings. The minimum Gasteiger partial charge on any atom is -0.342 e. The van der Waals surface area contributed by atoms with Crippen molar-refractivity contribution in [3.8, 4) is 0 Å². The van der Waals surface area contributed by atoms with E-state index in [0.717, 1.165) is 10.2 Å². The Morgan fingerprint density at radius 3 is 2.76 bits per heavy atom. The van der Waals surface area contributed by atoms with Crippen molar-refractivity contribution in [1.82, 2.24) is 14.8 Å². The van der Waals surface area contributed by atoms with Gasteiger partial charge in [-0.1, -0.05) is 18.2 Å². The summed E-state index contributed by atoms with van der Waals surface area (Å²) >= 11 is 1.56. The van der Waals surface area contributed by atoms with Gasteiger partial charge in [-0.2, -0.15) is 0 Å². The van der Waals surface area contributed by atoms with E-state index in [4.69, 9.17) is 0 Å². The fourth-order valence-corrected chi connectivity index (χ4v) is 3.47. The average Bonchev–Trinajstić information content (AvgIpc) is 3.17. The molecular formula is C18H18FN3O2S. The minimum absolute atomic E-state index is 0.136. The molecule has 25 heavy (non-hydrogen) atoms. The summed E-state index contributed by atoms with van der Waals surface area (Å²) in [5.41, 5.74) is 1.93. The van der Waals surface area contributed by atoms with Gasteiger partial charge < -0.3 is 14.8 Å². The summed E-state index contributed by atoms with van der Waals surface area (Å²) < 4.78 is 16.5. The van der Waals surface area contributed by atoms with Gasteiger partial charge in [-0.25, -0.2) is 4.39 Å². The number of thiophene rings is 1. The lowest BCUT2D eigenvalue weighted by Gasteiger charge is -2.18. The van der Waals surface area contributed by atoms with Gasteiger partial charge in [0.05, 0.1) is 16.8 Å². The third-order valence-electron chi connectivity index (χ3n) is 4.09. The van der Waals surface area contributed by atoms with E-state index in [1.54, 1.807) is 41.2 Å². The maximum Gasteiger partial charge on any atom is 0.268 e. The Morgan fingerprint density at radius 1 is 1.28 bits per heavy atom. The highest BCUT2D eigenvalue weighted by Gasteiger charge is 2.17. The number of hydrogen-bond acceptors (Lipinski definition) is 3. The highest BCUT2D eigenvalue weighted by Crippen LogP contribution is 2.23. The summed E-state index contributed by atoms with van der Waals surface area (Å²) in [5.74, 6) is -0.943. The van der Waals surface area contributed by atoms with Crippen LogP contribution in [-0.2, 0) is 18.4 Å². The first-order chi connectivity index (χ1) is 12.0. The summed E-state index contributed by atoms with van der Waals surface area (Å²) in [4.78, 5) is 25.9. The normalized spacial score (nSPS) is 10.8. The molecule has 2 heterocycles. The van der Waals surface area contributed by atoms with E-state index in [-0.39, 0.29) is 30.7 Å². The van der Waals surface area contributed by atoms with Gasteiger partial charge in [0.15, 0.2) is 0 Å². The van der Waals surface area contributed by atoms with Crippen LogP contribution in [0.3, 0.4) is 0 Å². The molecule has 0 bridgehead atoms. The van der Waals surface area contributed by atoms with Crippen molar-refractivity contribution in [2.24, 2.45) is 7.05 Å². The SMILES string of the molecule is CN(Cc1ccccc1F)C(=O)CNC(=O)c1cc2sccc2n1C. The maximum atomic E-state index is 13.7. The van der Waals surface area contributed by atoms with Crippen molar-refractivity contribution in [3.05, 3.63) is 58.9 Å². The standard InChI is InChI=1S/C18H18FN3O2S/c1-21(11-12-5-3-4-6-13(12)19)17(23)10-20-18(24)15-9-16-14(22(15)2)7-8-25-16/h3-9H,10-11H2,1-2H3,(H,20,24). The first kappa shape index (κ1) is 17.2. The highest BCUT2D eigenvalue weighted by atomic mass is 32.1. The van der Waals surface area contributed by atoms with E-state index in [2.05, 4.69) is 5.32 Å². The first-order valence-corrected chi connectivity index (χ1v) is 8.64. The van der Waals surface area contributed by atoms with Gasteiger partial charge in [0.2, 0.25) is 5.91 Å². The molecular weight excluding hydrogens is 341 g/mol. The lowest BCUT2D eigenvalue weighted by molar-refractivity contribution is -0.129. The van der Waals surface area contributed by atoms with Crippen LogP contribution in [0.15, 0.2) is 41.8 Å². The van der Waals surface area contributed by atoms with Crippen LogP contribution < -0.4 is 5.32 Å². The molecule has 1 N–H and O–H groups in total. The van der Waals surface area contributed by atoms with Crippen LogP contribution in [-0.4, -0.2) is 34.9 Å². The number of nitrogens with zero attached hydrogens (tertiary/aromatic N) is 2. The molecule has 1 aromatic carbocycles. The number of carbonyl (C=O) groups is 2. The Hall–Kier alpha value is -2.67. The van der Waals surface area contributed by atoms with Gasteiger partial charge in [0.1, 0.15) is 11.5 Å². The lowest BCUT2D eigenvalue weighted by Crippen LogP contribution is -2.38. The molecule has 0 aliphatic carbocycles. The van der Waals surface area contributed by atoms with Crippen LogP contribution in [0.5, 0.6) is 0 Å². The number of nitrogens with one attached hydrogen (secondary N) is 1. The Morgan fingerprint density at radius 2 is 2.04 bits per heavy atom. The van der Waals surface area contributed by atoms with Crippen LogP contribution in [0.25, 0.3) is 10.2 Å². The molecule has 2 amide bonds. The van der Waals surface area contributed by atoms with E-state index >= 15 is 0 Å². The van der Waals surface area contributed by atoms with Gasteiger partial charge >= 0.3 is 0 Å². The number of rotatable bonds is 5. The third kappa shape index (κ3) is 3.56. The van der Waals surface area contributed by atoms with E-state index in [9.17, 15) is 14.0 Å². The van der Waals surface area contributed by atoms with E-state index in [1.807, 2.05) is 24.6 Å². The molecule has 0 saturated carbocycles. The first-order valence-electron chi connectivity index (χ1n) is 7.76. The fourth-order valence-electron chi connectivity index (χ4n) is 2.62. The molecule has 3 aromatic rings. The number of halogens is 1. The number of carbonyl (C=O) groups excluding carboxylic acids is 2. The summed E-state index contributed by atoms with van der Waals surface area (Å²) in [7, 11) is 3.40. The molecule has 0 fully saturated rings. The third-order valence-corrected chi connectivity index (χ3v) is 4.94. The summed E-state index contributed by atoms with van der Waals surface area (Å²) in [6.45, 7) is 0.0177. The number of hydrogen-bond donors (Lipinski definition) is 1. The molecule has 130 valence electrons. The second-order valence-corrected chi connectivity index (χ2v) is 6.73. The number of likely N-dealkylation sites (N-methyl/N-ethyl adjacent to an activating group) is 1. The number of benzene rings is 1. The number of aromatic nitrogens is 1. The largest absolute Gasteiger partial charge is 0.342 e. The lowest BCUT2D eigenvalue weighted by atomic mass is 10.2. The van der Waals surface area contributed by atoms with Crippen molar-refractivity contribution < 1.29 is 14.0 Å². The van der Waals surface area contributed by atoms with E-state index in [1.165, 1.54) is 11.0 Å². The highest BCUT2D eigenvalue weighted by molar-refractivity contribution is 7.17. The van der Waals surface area contributed by atoms with Crippen LogP contribution in [0.1, 0.15) is 16.1 Å². The predicted octanol–water partition coefficient (Wildman–Crippen LogP) is 2.77. The number of aryl methyl sites for hydroxylation is 1. The Labute approximate surface area is 148 Å². The summed E-state index contributed by atoms with van der Waals surface area (Å²) in [6.07, 6.45) is 0. The molecule has 2 aromatic heterocycles. The van der Waals surface area contributed by atoms with Gasteiger partial charge in [-0.15, -0.1) is 11.3 Å². The van der Waals surface area contributed by atoms with Crippen LogP contribution >= 0.6 is 11.3 Å². The zero-order valence-corrected chi connectivity index (χ0v) is 14.8. The van der Waals surface area contributed by atoms with Crippen molar-refractivity contribution in [3.63, 3.8) is 0 Å². The number of fused-ring (bicyclic) bond motifs is 1. The molecule has 0 unspecified atom stereocenters. The molecule has 0 radical (unpaired) electrons. The Bertz CT molecular complexity index is 931. The van der Waals surface area contributed by atoms with Crippen molar-refractivity contribution >= 4 is 33.4 Å². The molecule has 3 rings (SSSR count). The Kier molecular flexibility index (Phi) is 4.85. The molecule has 0 atom stereocenters. The summed E-state index contributed by atoms with van der Waals surface area (Å²) in [6, 6.07) is 10.1. The molecule has 7 heteroatoms. The van der Waals surface area contributed by atoms with Crippen LogP contribution in [0.2, 0.25) is 0 Å². The van der Waals surface area contributed by atoms with Gasteiger partial charge in [-0.05, 0) is 23.6 Å². The zero-order chi connectivity index (χ0) is 18.0. The number of amides is 2. The molecule has 0 spiro atoms. The van der Waals surface area contributed by atoms with Crippen molar-refractivity contribution in [1.29, 1.82) is 0 Å². The van der Waals surface area contributed by atoms with Crippen LogP contribution in [0, 0.1) is 5.82 Å². The summed E-state index contributed by atoms with van der Waals surface area (Å²) in [5, 5.41) is 4.60. The molecule has 5 nitrogen and oxygen atoms in total. The van der Waals surface area contributed by atoms with Crippen LogP contribution in [0.4, 0.5) is 4.39 Å². The topological polar surface area (TPSA) is 54.3 Å². The monoisotopic (exact) mass is 359 g/mol. The smallest absolute Gasteiger partial charge is 0.268 e. The zero-order valence-electron chi connectivity index (χ0n) is 14.0. The van der Waals surface area contributed by atoms with Gasteiger partial charge in [-0.3, -0.25) is 9.59 Å². The van der Waals surface area contributed by atoms with Crippen molar-refractivity contribution in [2.45, 2.75) is 6.54 Å². The molecule has 0 saturated heterocycles. The van der Waals surface area contributed by atoms with Gasteiger partial charge in [0.25, 0.3) is 5.91 Å². The van der Waals surface area contributed by atoms with Crippen molar-refractivity contribution in [2.75, 3.05) is 13.6 Å². The second kappa shape index (κ2) is 7.06. The van der Waals surface area contributed by atoms with E-state index in [0.29, 0.717) is 11.3 Å². The minimum atomic E-state index is -0.352. The fraction of sp³-hybridized carbons (Fsp3) is 0.222. The van der Waals surface area contributed by atoms with Gasteiger partial charge in [0, 0.05) is 26.2 Å².